The molecule has 1 saturated heterocycles. The van der Waals surface area contributed by atoms with Gasteiger partial charge in [0.05, 0.1) is 31.6 Å². The Morgan fingerprint density at radius 3 is 2.76 bits per heavy atom. The van der Waals surface area contributed by atoms with Gasteiger partial charge >= 0.3 is 0 Å². The number of fused-ring (bicyclic) bond motifs is 2. The molecule has 1 fully saturated rings. The molecule has 5 rings (SSSR count). The summed E-state index contributed by atoms with van der Waals surface area (Å²) < 4.78 is 23.8. The molecule has 0 bridgehead atoms. The van der Waals surface area contributed by atoms with Crippen LogP contribution in [-0.2, 0) is 4.74 Å². The number of anilines is 1. The summed E-state index contributed by atoms with van der Waals surface area (Å²) in [6.07, 6.45) is 0.808. The zero-order valence-corrected chi connectivity index (χ0v) is 23.0. The maximum Gasteiger partial charge on any atom is 0.295 e. The highest BCUT2D eigenvalue weighted by Crippen LogP contribution is 2.37. The Balaban J connectivity index is 0.00000320. The Bertz CT molecular complexity index is 1370. The lowest BCUT2D eigenvalue weighted by Gasteiger charge is -2.27. The number of thiazole rings is 1. The summed E-state index contributed by atoms with van der Waals surface area (Å²) in [7, 11) is 1.64. The van der Waals surface area contributed by atoms with Gasteiger partial charge in [-0.1, -0.05) is 29.5 Å². The summed E-state index contributed by atoms with van der Waals surface area (Å²) in [4.78, 5) is 22.8. The third-order valence-corrected chi connectivity index (χ3v) is 7.58. The van der Waals surface area contributed by atoms with Crippen LogP contribution in [-0.4, -0.2) is 68.9 Å². The molecule has 2 aromatic heterocycles. The minimum Gasteiger partial charge on any atom is -0.494 e. The van der Waals surface area contributed by atoms with Gasteiger partial charge in [0.2, 0.25) is 0 Å². The lowest BCUT2D eigenvalue weighted by Crippen LogP contribution is -2.39. The quantitative estimate of drug-likeness (QED) is 0.273. The van der Waals surface area contributed by atoms with Crippen LogP contribution in [0.3, 0.4) is 0 Å². The highest BCUT2D eigenvalue weighted by Gasteiger charge is 2.26. The third kappa shape index (κ3) is 5.70. The highest BCUT2D eigenvalue weighted by atomic mass is 35.5. The molecule has 8 nitrogen and oxygen atoms in total. The second kappa shape index (κ2) is 12.1. The zero-order valence-electron chi connectivity index (χ0n) is 21.3. The first kappa shape index (κ1) is 27.2. The molecule has 0 unspecified atom stereocenters. The Labute approximate surface area is 226 Å². The molecule has 1 amide bonds. The van der Waals surface area contributed by atoms with E-state index in [1.165, 1.54) is 11.3 Å². The number of furan rings is 1. The van der Waals surface area contributed by atoms with Crippen molar-refractivity contribution in [3.8, 4) is 11.5 Å². The van der Waals surface area contributed by atoms with E-state index in [-0.39, 0.29) is 24.1 Å². The molecule has 0 aliphatic carbocycles. The number of hydrogen-bond acceptors (Lipinski definition) is 8. The number of nitrogens with zero attached hydrogens (tertiary/aromatic N) is 3. The van der Waals surface area contributed by atoms with E-state index in [1.807, 2.05) is 44.2 Å². The van der Waals surface area contributed by atoms with E-state index in [9.17, 15) is 4.79 Å². The van der Waals surface area contributed by atoms with Crippen molar-refractivity contribution < 1.29 is 23.4 Å². The second-order valence-corrected chi connectivity index (χ2v) is 9.72. The minimum atomic E-state index is -0.216. The third-order valence-electron chi connectivity index (χ3n) is 6.37. The number of aromatic nitrogens is 1. The van der Waals surface area contributed by atoms with Crippen LogP contribution in [0.25, 0.3) is 21.2 Å². The molecule has 0 radical (unpaired) electrons. The van der Waals surface area contributed by atoms with Crippen molar-refractivity contribution in [2.75, 3.05) is 58.0 Å². The maximum atomic E-state index is 13.9. The van der Waals surface area contributed by atoms with Gasteiger partial charge in [-0.3, -0.25) is 14.6 Å². The molecular weight excluding hydrogens is 514 g/mol. The lowest BCUT2D eigenvalue weighted by molar-refractivity contribution is 0.0376. The summed E-state index contributed by atoms with van der Waals surface area (Å²) in [5, 5.41) is 1.47. The van der Waals surface area contributed by atoms with Crippen molar-refractivity contribution in [2.24, 2.45) is 0 Å². The van der Waals surface area contributed by atoms with Crippen molar-refractivity contribution >= 4 is 56.0 Å². The Kier molecular flexibility index (Phi) is 8.91. The fourth-order valence-electron chi connectivity index (χ4n) is 4.48. The molecule has 1 aliphatic heterocycles. The summed E-state index contributed by atoms with van der Waals surface area (Å²) in [5.41, 5.74) is 2.45. The molecule has 0 atom stereocenters. The van der Waals surface area contributed by atoms with Gasteiger partial charge in [-0.25, -0.2) is 4.98 Å². The van der Waals surface area contributed by atoms with E-state index in [0.29, 0.717) is 35.4 Å². The molecule has 1 aliphatic rings. The number of carbonyl (C=O) groups excluding carboxylic acids is 1. The molecule has 4 aromatic rings. The summed E-state index contributed by atoms with van der Waals surface area (Å²) >= 11 is 1.50. The van der Waals surface area contributed by atoms with E-state index in [4.69, 9.17) is 23.6 Å². The fraction of sp³-hybridized carbons (Fsp3) is 0.407. The molecule has 198 valence electrons. The predicted octanol–water partition coefficient (Wildman–Crippen LogP) is 5.55. The van der Waals surface area contributed by atoms with Crippen LogP contribution < -0.4 is 14.4 Å². The predicted molar refractivity (Wildman–Crippen MR) is 149 cm³/mol. The highest BCUT2D eigenvalue weighted by molar-refractivity contribution is 7.22. The van der Waals surface area contributed by atoms with E-state index < -0.39 is 0 Å². The number of amides is 1. The first-order chi connectivity index (χ1) is 17.6. The lowest BCUT2D eigenvalue weighted by atomic mass is 10.2. The number of benzene rings is 2. The van der Waals surface area contributed by atoms with Crippen LogP contribution in [0.1, 0.15) is 29.5 Å². The number of methoxy groups -OCH3 is 1. The normalized spacial score (nSPS) is 14.0. The van der Waals surface area contributed by atoms with Crippen LogP contribution in [0.15, 0.2) is 40.8 Å². The van der Waals surface area contributed by atoms with E-state index >= 15 is 0 Å². The van der Waals surface area contributed by atoms with E-state index in [1.54, 1.807) is 18.1 Å². The van der Waals surface area contributed by atoms with Gasteiger partial charge < -0.3 is 18.6 Å². The standard InChI is InChI=1S/C27H31N3O5S.ClH/c1-4-34-21-8-5-7-19-17-22(35-24(19)21)26(31)30(12-6-11-29-13-15-33-16-14-29)27-28-23-20(32-3)10-9-18(2)25(23)36-27;/h5,7-10,17H,4,6,11-16H2,1-3H3;1H. The van der Waals surface area contributed by atoms with Crippen LogP contribution in [0.5, 0.6) is 11.5 Å². The van der Waals surface area contributed by atoms with Gasteiger partial charge in [0.1, 0.15) is 11.3 Å². The molecule has 0 spiro atoms. The number of carbonyl (C=O) groups is 1. The van der Waals surface area contributed by atoms with Crippen molar-refractivity contribution in [1.29, 1.82) is 0 Å². The summed E-state index contributed by atoms with van der Waals surface area (Å²) in [6, 6.07) is 11.4. The summed E-state index contributed by atoms with van der Waals surface area (Å²) in [6.45, 7) is 9.22. The number of morpholine rings is 1. The van der Waals surface area contributed by atoms with Gasteiger partial charge in [-0.05, 0) is 44.0 Å². The smallest absolute Gasteiger partial charge is 0.295 e. The fourth-order valence-corrected chi connectivity index (χ4v) is 5.56. The number of para-hydroxylation sites is 1. The second-order valence-electron chi connectivity index (χ2n) is 8.74. The van der Waals surface area contributed by atoms with Crippen LogP contribution in [0, 0.1) is 6.92 Å². The molecule has 0 N–H and O–H groups in total. The molecule has 10 heteroatoms. The molecule has 3 heterocycles. The zero-order chi connectivity index (χ0) is 25.1. The van der Waals surface area contributed by atoms with Gasteiger partial charge in [0, 0.05) is 31.6 Å². The van der Waals surface area contributed by atoms with E-state index in [2.05, 4.69) is 4.90 Å². The largest absolute Gasteiger partial charge is 0.494 e. The number of hydrogen-bond donors (Lipinski definition) is 0. The number of aryl methyl sites for hydroxylation is 1. The number of ether oxygens (including phenoxy) is 3. The number of rotatable bonds is 9. The monoisotopic (exact) mass is 545 g/mol. The van der Waals surface area contributed by atoms with Crippen molar-refractivity contribution in [2.45, 2.75) is 20.3 Å². The maximum absolute atomic E-state index is 13.9. The van der Waals surface area contributed by atoms with Crippen molar-refractivity contribution in [3.63, 3.8) is 0 Å². The van der Waals surface area contributed by atoms with Crippen LogP contribution >= 0.6 is 23.7 Å². The van der Waals surface area contributed by atoms with E-state index in [0.717, 1.165) is 60.4 Å². The van der Waals surface area contributed by atoms with Crippen LogP contribution in [0.4, 0.5) is 5.13 Å². The summed E-state index contributed by atoms with van der Waals surface area (Å²) in [5.74, 6) is 1.38. The molecular formula is C27H32ClN3O5S. The Morgan fingerprint density at radius 2 is 2.00 bits per heavy atom. The first-order valence-electron chi connectivity index (χ1n) is 12.3. The molecule has 2 aromatic carbocycles. The first-order valence-corrected chi connectivity index (χ1v) is 13.1. The van der Waals surface area contributed by atoms with Gasteiger partial charge in [-0.15, -0.1) is 12.4 Å². The minimum absolute atomic E-state index is 0. The average Bonchev–Trinajstić information content (AvgIpc) is 3.54. The van der Waals surface area contributed by atoms with Gasteiger partial charge in [0.15, 0.2) is 22.2 Å². The van der Waals surface area contributed by atoms with Crippen LogP contribution in [0.2, 0.25) is 0 Å². The number of halogens is 1. The Morgan fingerprint density at radius 1 is 1.19 bits per heavy atom. The Hall–Kier alpha value is -2.85. The van der Waals surface area contributed by atoms with Crippen molar-refractivity contribution in [3.05, 3.63) is 47.7 Å². The van der Waals surface area contributed by atoms with Gasteiger partial charge in [0.25, 0.3) is 5.91 Å². The average molecular weight is 546 g/mol. The molecule has 0 saturated carbocycles. The SMILES string of the molecule is CCOc1cccc2cc(C(=O)N(CCCN3CCOCC3)c3nc4c(OC)ccc(C)c4s3)oc12.Cl. The topological polar surface area (TPSA) is 77.3 Å². The van der Waals surface area contributed by atoms with Gasteiger partial charge in [-0.2, -0.15) is 0 Å². The van der Waals surface area contributed by atoms with Crippen molar-refractivity contribution in [1.82, 2.24) is 9.88 Å². The molecule has 37 heavy (non-hydrogen) atoms.